The van der Waals surface area contributed by atoms with Gasteiger partial charge in [0.05, 0.1) is 12.7 Å². The maximum Gasteiger partial charge on any atom is 0.0855 e. The van der Waals surface area contributed by atoms with Crippen LogP contribution in [0.4, 0.5) is 0 Å². The summed E-state index contributed by atoms with van der Waals surface area (Å²) in [5.41, 5.74) is 0. The van der Waals surface area contributed by atoms with Gasteiger partial charge in [0, 0.05) is 19.1 Å². The van der Waals surface area contributed by atoms with Crippen LogP contribution < -0.4 is 5.32 Å². The molecule has 2 atom stereocenters. The fourth-order valence-electron chi connectivity index (χ4n) is 2.98. The Morgan fingerprint density at radius 2 is 1.95 bits per heavy atom. The van der Waals surface area contributed by atoms with Crippen LogP contribution in [0.15, 0.2) is 0 Å². The van der Waals surface area contributed by atoms with E-state index in [4.69, 9.17) is 4.74 Å². The van der Waals surface area contributed by atoms with Crippen LogP contribution in [0.5, 0.6) is 0 Å². The molecule has 3 nitrogen and oxygen atoms in total. The minimum atomic E-state index is 0.386. The monoisotopic (exact) mass is 270 g/mol. The maximum absolute atomic E-state index is 5.98. The molecule has 0 aromatic rings. The van der Waals surface area contributed by atoms with Gasteiger partial charge in [0.25, 0.3) is 0 Å². The smallest absolute Gasteiger partial charge is 0.0855 e. The number of nitrogens with zero attached hydrogens (tertiary/aromatic N) is 1. The number of rotatable bonds is 10. The fraction of sp³-hybridized carbons (Fsp3) is 1.00. The highest BCUT2D eigenvalue weighted by Crippen LogP contribution is 2.15. The zero-order chi connectivity index (χ0) is 13.9. The first kappa shape index (κ1) is 16.9. The lowest BCUT2D eigenvalue weighted by Gasteiger charge is -2.37. The molecule has 0 aromatic heterocycles. The van der Waals surface area contributed by atoms with Crippen LogP contribution >= 0.6 is 0 Å². The van der Waals surface area contributed by atoms with Crippen molar-refractivity contribution in [3.63, 3.8) is 0 Å². The van der Waals surface area contributed by atoms with Crippen LogP contribution in [0.25, 0.3) is 0 Å². The van der Waals surface area contributed by atoms with Gasteiger partial charge in [0.1, 0.15) is 0 Å². The minimum absolute atomic E-state index is 0.386. The zero-order valence-corrected chi connectivity index (χ0v) is 13.3. The molecule has 114 valence electrons. The number of unbranched alkanes of at least 4 members (excludes halogenated alkanes) is 4. The Morgan fingerprint density at radius 1 is 1.16 bits per heavy atom. The molecule has 1 aliphatic heterocycles. The third-order valence-corrected chi connectivity index (χ3v) is 4.16. The summed E-state index contributed by atoms with van der Waals surface area (Å²) in [5.74, 6) is 0. The van der Waals surface area contributed by atoms with E-state index in [0.29, 0.717) is 12.1 Å². The van der Waals surface area contributed by atoms with Crippen molar-refractivity contribution < 1.29 is 4.74 Å². The first-order valence-electron chi connectivity index (χ1n) is 8.33. The maximum atomic E-state index is 5.98. The summed E-state index contributed by atoms with van der Waals surface area (Å²) in [6.45, 7) is 8.86. The van der Waals surface area contributed by atoms with Crippen LogP contribution in [-0.2, 0) is 4.74 Å². The third kappa shape index (κ3) is 6.73. The van der Waals surface area contributed by atoms with Gasteiger partial charge < -0.3 is 10.1 Å². The van der Waals surface area contributed by atoms with E-state index < -0.39 is 0 Å². The first-order chi connectivity index (χ1) is 9.31. The third-order valence-electron chi connectivity index (χ3n) is 4.16. The van der Waals surface area contributed by atoms with Gasteiger partial charge in [-0.25, -0.2) is 0 Å². The highest BCUT2D eigenvalue weighted by molar-refractivity contribution is 4.82. The Morgan fingerprint density at radius 3 is 2.63 bits per heavy atom. The van der Waals surface area contributed by atoms with E-state index in [1.54, 1.807) is 0 Å². The highest BCUT2D eigenvalue weighted by Gasteiger charge is 2.26. The van der Waals surface area contributed by atoms with E-state index >= 15 is 0 Å². The van der Waals surface area contributed by atoms with Gasteiger partial charge in [-0.05, 0) is 26.4 Å². The quantitative estimate of drug-likeness (QED) is 0.618. The van der Waals surface area contributed by atoms with Crippen molar-refractivity contribution in [2.75, 3.05) is 33.3 Å². The molecule has 19 heavy (non-hydrogen) atoms. The number of hydrogen-bond acceptors (Lipinski definition) is 3. The molecule has 0 aromatic carbocycles. The van der Waals surface area contributed by atoms with Crippen LogP contribution in [0.3, 0.4) is 0 Å². The molecule has 0 bridgehead atoms. The van der Waals surface area contributed by atoms with Gasteiger partial charge in [-0.2, -0.15) is 0 Å². The molecular weight excluding hydrogens is 236 g/mol. The molecule has 0 radical (unpaired) electrons. The number of nitrogens with one attached hydrogen (secondary N) is 1. The Kier molecular flexibility index (Phi) is 9.48. The molecule has 1 N–H and O–H groups in total. The van der Waals surface area contributed by atoms with Crippen molar-refractivity contribution in [2.24, 2.45) is 0 Å². The lowest BCUT2D eigenvalue weighted by molar-refractivity contribution is -0.0467. The van der Waals surface area contributed by atoms with Crippen molar-refractivity contribution in [1.29, 1.82) is 0 Å². The Hall–Kier alpha value is -0.120. The molecular formula is C16H34N2O. The average Bonchev–Trinajstić information content (AvgIpc) is 2.43. The summed E-state index contributed by atoms with van der Waals surface area (Å²) in [6.07, 6.45) is 9.69. The van der Waals surface area contributed by atoms with E-state index in [9.17, 15) is 0 Å². The molecule has 0 saturated carbocycles. The molecule has 1 saturated heterocycles. The molecule has 0 spiro atoms. The predicted octanol–water partition coefficient (Wildman–Crippen LogP) is 3.05. The Balaban J connectivity index is 2.24. The van der Waals surface area contributed by atoms with Crippen LogP contribution in [0.1, 0.15) is 58.8 Å². The zero-order valence-electron chi connectivity index (χ0n) is 13.3. The van der Waals surface area contributed by atoms with Crippen LogP contribution in [0.2, 0.25) is 0 Å². The largest absolute Gasteiger partial charge is 0.374 e. The number of ether oxygens (including phenoxy) is 1. The summed E-state index contributed by atoms with van der Waals surface area (Å²) in [6, 6.07) is 0.529. The first-order valence-corrected chi connectivity index (χ1v) is 8.33. The van der Waals surface area contributed by atoms with E-state index in [-0.39, 0.29) is 0 Å². The fourth-order valence-corrected chi connectivity index (χ4v) is 2.98. The summed E-state index contributed by atoms with van der Waals surface area (Å²) >= 11 is 0. The lowest BCUT2D eigenvalue weighted by atomic mass is 10.0. The van der Waals surface area contributed by atoms with Crippen molar-refractivity contribution >= 4 is 0 Å². The van der Waals surface area contributed by atoms with Crippen molar-refractivity contribution in [1.82, 2.24) is 10.2 Å². The van der Waals surface area contributed by atoms with Gasteiger partial charge in [-0.1, -0.05) is 46.0 Å². The molecule has 1 aliphatic rings. The highest BCUT2D eigenvalue weighted by atomic mass is 16.5. The summed E-state index contributed by atoms with van der Waals surface area (Å²) in [4.78, 5) is 2.55. The minimum Gasteiger partial charge on any atom is -0.374 e. The van der Waals surface area contributed by atoms with E-state index in [0.717, 1.165) is 19.7 Å². The summed E-state index contributed by atoms with van der Waals surface area (Å²) in [5, 5.41) is 3.47. The molecule has 0 aliphatic carbocycles. The molecule has 0 amide bonds. The second kappa shape index (κ2) is 10.6. The van der Waals surface area contributed by atoms with Gasteiger partial charge in [-0.15, -0.1) is 0 Å². The van der Waals surface area contributed by atoms with Gasteiger partial charge in [-0.3, -0.25) is 4.90 Å². The summed E-state index contributed by atoms with van der Waals surface area (Å²) in [7, 11) is 2.08. The van der Waals surface area contributed by atoms with E-state index in [1.165, 1.54) is 51.5 Å². The Bertz CT molecular complexity index is 209. The second-order valence-corrected chi connectivity index (χ2v) is 5.81. The predicted molar refractivity (Wildman–Crippen MR) is 82.7 cm³/mol. The van der Waals surface area contributed by atoms with Crippen LogP contribution in [-0.4, -0.2) is 50.3 Å². The van der Waals surface area contributed by atoms with Crippen molar-refractivity contribution in [3.8, 4) is 0 Å². The van der Waals surface area contributed by atoms with E-state index in [1.807, 2.05) is 0 Å². The van der Waals surface area contributed by atoms with Crippen molar-refractivity contribution in [2.45, 2.75) is 70.9 Å². The lowest BCUT2D eigenvalue weighted by Crippen LogP contribution is -2.51. The number of likely N-dealkylation sites (N-methyl/N-ethyl adjacent to an activating group) is 1. The topological polar surface area (TPSA) is 24.5 Å². The molecule has 2 unspecified atom stereocenters. The standard InChI is InChI=1S/C16H34N2O/c1-4-6-7-8-9-10-15(17-3)16-14-18(11-5-2)12-13-19-16/h15-17H,4-14H2,1-3H3. The normalized spacial score (nSPS) is 22.6. The van der Waals surface area contributed by atoms with Gasteiger partial charge >= 0.3 is 0 Å². The average molecular weight is 270 g/mol. The number of morpholine rings is 1. The molecule has 1 fully saturated rings. The van der Waals surface area contributed by atoms with Gasteiger partial charge in [0.15, 0.2) is 0 Å². The van der Waals surface area contributed by atoms with Gasteiger partial charge in [0.2, 0.25) is 0 Å². The van der Waals surface area contributed by atoms with E-state index in [2.05, 4.69) is 31.1 Å². The molecule has 1 heterocycles. The van der Waals surface area contributed by atoms with Crippen LogP contribution in [0, 0.1) is 0 Å². The Labute approximate surface area is 120 Å². The SMILES string of the molecule is CCCCCCCC(NC)C1CN(CCC)CCO1. The second-order valence-electron chi connectivity index (χ2n) is 5.81. The summed E-state index contributed by atoms with van der Waals surface area (Å²) < 4.78 is 5.98. The van der Waals surface area contributed by atoms with Crippen molar-refractivity contribution in [3.05, 3.63) is 0 Å². The molecule has 3 heteroatoms. The number of hydrogen-bond donors (Lipinski definition) is 1. The molecule has 1 rings (SSSR count).